The zero-order valence-corrected chi connectivity index (χ0v) is 13.0. The minimum atomic E-state index is -0.113. The number of hydrogen-bond acceptors (Lipinski definition) is 5. The molecule has 0 aliphatic rings. The Hall–Kier alpha value is -3.28. The van der Waals surface area contributed by atoms with Crippen molar-refractivity contribution in [2.24, 2.45) is 0 Å². The standard InChI is InChI=1S/C18H14N4O2/c1-12-19-15-10-6-5-9-14(15)18(23)22(12)11-16-20-17(21-24-16)13-7-3-2-4-8-13/h2-10H,11H2,1H3. The molecule has 0 fully saturated rings. The summed E-state index contributed by atoms with van der Waals surface area (Å²) in [5.74, 6) is 1.49. The molecule has 0 amide bonds. The average Bonchev–Trinajstić information content (AvgIpc) is 3.08. The number of para-hydroxylation sites is 1. The molecule has 0 N–H and O–H groups in total. The smallest absolute Gasteiger partial charge is 0.261 e. The van der Waals surface area contributed by atoms with Crippen LogP contribution in [-0.2, 0) is 6.54 Å². The molecule has 0 unspecified atom stereocenters. The van der Waals surface area contributed by atoms with Crippen LogP contribution in [0.15, 0.2) is 63.9 Å². The van der Waals surface area contributed by atoms with Crippen molar-refractivity contribution in [3.05, 3.63) is 76.7 Å². The number of nitrogens with zero attached hydrogens (tertiary/aromatic N) is 4. The summed E-state index contributed by atoms with van der Waals surface area (Å²) in [4.78, 5) is 21.5. The van der Waals surface area contributed by atoms with E-state index in [1.807, 2.05) is 48.5 Å². The second-order valence-corrected chi connectivity index (χ2v) is 5.45. The third-order valence-electron chi connectivity index (χ3n) is 3.85. The summed E-state index contributed by atoms with van der Waals surface area (Å²) in [6.45, 7) is 1.99. The fourth-order valence-corrected chi connectivity index (χ4v) is 2.62. The van der Waals surface area contributed by atoms with Gasteiger partial charge in [-0.3, -0.25) is 9.36 Å². The molecule has 2 heterocycles. The average molecular weight is 318 g/mol. The second-order valence-electron chi connectivity index (χ2n) is 5.45. The van der Waals surface area contributed by atoms with Gasteiger partial charge in [0.25, 0.3) is 5.56 Å². The molecule has 0 saturated carbocycles. The fraction of sp³-hybridized carbons (Fsp3) is 0.111. The van der Waals surface area contributed by atoms with E-state index in [9.17, 15) is 4.79 Å². The summed E-state index contributed by atoms with van der Waals surface area (Å²) < 4.78 is 6.84. The Kier molecular flexibility index (Phi) is 3.42. The molecular formula is C18H14N4O2. The van der Waals surface area contributed by atoms with Crippen LogP contribution in [0.3, 0.4) is 0 Å². The van der Waals surface area contributed by atoms with Gasteiger partial charge < -0.3 is 4.52 Å². The predicted octanol–water partition coefficient (Wildman–Crippen LogP) is 2.80. The monoisotopic (exact) mass is 318 g/mol. The molecule has 6 nitrogen and oxygen atoms in total. The summed E-state index contributed by atoms with van der Waals surface area (Å²) in [5.41, 5.74) is 1.44. The Morgan fingerprint density at radius 1 is 1.00 bits per heavy atom. The van der Waals surface area contributed by atoms with Gasteiger partial charge in [0.1, 0.15) is 12.4 Å². The summed E-state index contributed by atoms with van der Waals surface area (Å²) in [6, 6.07) is 16.8. The van der Waals surface area contributed by atoms with Crippen LogP contribution in [0.2, 0.25) is 0 Å². The van der Waals surface area contributed by atoms with Gasteiger partial charge in [-0.05, 0) is 19.1 Å². The Bertz CT molecular complexity index is 1070. The third kappa shape index (κ3) is 2.48. The van der Waals surface area contributed by atoms with Crippen molar-refractivity contribution < 1.29 is 4.52 Å². The molecule has 0 aliphatic heterocycles. The van der Waals surface area contributed by atoms with Crippen LogP contribution in [0.4, 0.5) is 0 Å². The van der Waals surface area contributed by atoms with Gasteiger partial charge in [-0.15, -0.1) is 0 Å². The summed E-state index contributed by atoms with van der Waals surface area (Å²) in [6.07, 6.45) is 0. The van der Waals surface area contributed by atoms with E-state index < -0.39 is 0 Å². The lowest BCUT2D eigenvalue weighted by atomic mass is 10.2. The normalized spacial score (nSPS) is 11.0. The van der Waals surface area contributed by atoms with Crippen LogP contribution in [0.25, 0.3) is 22.3 Å². The SMILES string of the molecule is Cc1nc2ccccc2c(=O)n1Cc1nc(-c2ccccc2)no1. The zero-order chi connectivity index (χ0) is 16.5. The van der Waals surface area contributed by atoms with Gasteiger partial charge in [0.05, 0.1) is 10.9 Å². The minimum absolute atomic E-state index is 0.113. The molecule has 0 spiro atoms. The lowest BCUT2D eigenvalue weighted by Gasteiger charge is -2.08. The van der Waals surface area contributed by atoms with E-state index in [2.05, 4.69) is 15.1 Å². The van der Waals surface area contributed by atoms with Crippen molar-refractivity contribution in [3.8, 4) is 11.4 Å². The maximum Gasteiger partial charge on any atom is 0.261 e. The van der Waals surface area contributed by atoms with Crippen LogP contribution in [0.5, 0.6) is 0 Å². The second kappa shape index (κ2) is 5.73. The Balaban J connectivity index is 1.73. The van der Waals surface area contributed by atoms with Gasteiger partial charge in [0, 0.05) is 5.56 Å². The molecular weight excluding hydrogens is 304 g/mol. The largest absolute Gasteiger partial charge is 0.337 e. The number of fused-ring (bicyclic) bond motifs is 1. The van der Waals surface area contributed by atoms with Crippen molar-refractivity contribution in [1.82, 2.24) is 19.7 Å². The topological polar surface area (TPSA) is 73.8 Å². The summed E-state index contributed by atoms with van der Waals surface area (Å²) in [5, 5.41) is 4.56. The Labute approximate surface area is 137 Å². The minimum Gasteiger partial charge on any atom is -0.337 e. The first-order valence-corrected chi connectivity index (χ1v) is 7.56. The van der Waals surface area contributed by atoms with E-state index in [-0.39, 0.29) is 12.1 Å². The molecule has 24 heavy (non-hydrogen) atoms. The van der Waals surface area contributed by atoms with Crippen LogP contribution in [0.1, 0.15) is 11.7 Å². The highest BCUT2D eigenvalue weighted by Crippen LogP contribution is 2.15. The van der Waals surface area contributed by atoms with E-state index >= 15 is 0 Å². The zero-order valence-electron chi connectivity index (χ0n) is 13.0. The van der Waals surface area contributed by atoms with Gasteiger partial charge in [-0.1, -0.05) is 47.6 Å². The van der Waals surface area contributed by atoms with E-state index in [0.29, 0.717) is 28.4 Å². The summed E-state index contributed by atoms with van der Waals surface area (Å²) in [7, 11) is 0. The van der Waals surface area contributed by atoms with Gasteiger partial charge >= 0.3 is 0 Å². The molecule has 2 aromatic heterocycles. The molecule has 0 radical (unpaired) electrons. The number of rotatable bonds is 3. The number of benzene rings is 2. The van der Waals surface area contributed by atoms with Crippen LogP contribution in [0, 0.1) is 6.92 Å². The van der Waals surface area contributed by atoms with Crippen molar-refractivity contribution in [2.75, 3.05) is 0 Å². The van der Waals surface area contributed by atoms with E-state index in [4.69, 9.17) is 4.52 Å². The van der Waals surface area contributed by atoms with Gasteiger partial charge in [0.2, 0.25) is 11.7 Å². The first-order chi connectivity index (χ1) is 11.7. The third-order valence-corrected chi connectivity index (χ3v) is 3.85. The van der Waals surface area contributed by atoms with Crippen LogP contribution < -0.4 is 5.56 Å². The fourth-order valence-electron chi connectivity index (χ4n) is 2.62. The molecule has 2 aromatic carbocycles. The van der Waals surface area contributed by atoms with Crippen molar-refractivity contribution in [1.29, 1.82) is 0 Å². The molecule has 0 aliphatic carbocycles. The van der Waals surface area contributed by atoms with E-state index in [0.717, 1.165) is 5.56 Å². The first-order valence-electron chi connectivity index (χ1n) is 7.56. The first kappa shape index (κ1) is 14.3. The maximum atomic E-state index is 12.7. The number of aryl methyl sites for hydroxylation is 1. The lowest BCUT2D eigenvalue weighted by Crippen LogP contribution is -2.24. The molecule has 0 saturated heterocycles. The summed E-state index contributed by atoms with van der Waals surface area (Å²) >= 11 is 0. The van der Waals surface area contributed by atoms with Gasteiger partial charge in [0.15, 0.2) is 0 Å². The number of hydrogen-bond donors (Lipinski definition) is 0. The molecule has 0 atom stereocenters. The van der Waals surface area contributed by atoms with Gasteiger partial charge in [-0.2, -0.15) is 4.98 Å². The van der Waals surface area contributed by atoms with Gasteiger partial charge in [-0.25, -0.2) is 4.98 Å². The predicted molar refractivity (Wildman–Crippen MR) is 89.6 cm³/mol. The molecule has 0 bridgehead atoms. The van der Waals surface area contributed by atoms with Crippen LogP contribution in [-0.4, -0.2) is 19.7 Å². The molecule has 6 heteroatoms. The molecule has 118 valence electrons. The Morgan fingerprint density at radius 2 is 1.75 bits per heavy atom. The number of aromatic nitrogens is 4. The quantitative estimate of drug-likeness (QED) is 0.581. The van der Waals surface area contributed by atoms with Crippen molar-refractivity contribution >= 4 is 10.9 Å². The molecule has 4 rings (SSSR count). The Morgan fingerprint density at radius 3 is 2.58 bits per heavy atom. The van der Waals surface area contributed by atoms with Crippen molar-refractivity contribution in [2.45, 2.75) is 13.5 Å². The highest BCUT2D eigenvalue weighted by Gasteiger charge is 2.13. The highest BCUT2D eigenvalue weighted by atomic mass is 16.5. The van der Waals surface area contributed by atoms with E-state index in [1.165, 1.54) is 0 Å². The lowest BCUT2D eigenvalue weighted by molar-refractivity contribution is 0.368. The van der Waals surface area contributed by atoms with Crippen molar-refractivity contribution in [3.63, 3.8) is 0 Å². The van der Waals surface area contributed by atoms with E-state index in [1.54, 1.807) is 17.6 Å². The highest BCUT2D eigenvalue weighted by molar-refractivity contribution is 5.77. The maximum absolute atomic E-state index is 12.7. The van der Waals surface area contributed by atoms with Crippen LogP contribution >= 0.6 is 0 Å². The molecule has 4 aromatic rings.